The van der Waals surface area contributed by atoms with Gasteiger partial charge < -0.3 is 109 Å². The van der Waals surface area contributed by atoms with Crippen LogP contribution in [0.5, 0.6) is 0 Å². The van der Waals surface area contributed by atoms with Gasteiger partial charge in [-0.2, -0.15) is 0 Å². The molecule has 20 N–H and O–H groups in total. The van der Waals surface area contributed by atoms with E-state index < -0.39 is 202 Å². The van der Waals surface area contributed by atoms with Crippen LogP contribution in [0.25, 0.3) is 0 Å². The number of likely N-dealkylation sites (tertiary alicyclic amines) is 2. The number of ether oxygens (including phenoxy) is 3. The van der Waals surface area contributed by atoms with Gasteiger partial charge in [-0.1, -0.05) is 50.1 Å². The van der Waals surface area contributed by atoms with E-state index in [2.05, 4.69) is 47.9 Å². The lowest BCUT2D eigenvalue weighted by Crippen LogP contribution is -2.59. The van der Waals surface area contributed by atoms with Gasteiger partial charge in [0.05, 0.1) is 81.4 Å². The summed E-state index contributed by atoms with van der Waals surface area (Å²) in [5.41, 5.74) is 17.0. The van der Waals surface area contributed by atoms with Crippen molar-refractivity contribution in [3.63, 3.8) is 0 Å². The molecule has 0 aromatic heterocycles. The smallest absolute Gasteiger partial charge is 0.317 e. The molecule has 125 heavy (non-hydrogen) atoms. The number of aliphatic carboxylic acids is 4. The number of nitrogens with zero attached hydrogens (tertiary/aromatic N) is 6. The number of hydrogen-bond acceptors (Lipinski definition) is 29. The molecule has 5 rings (SSSR count). The largest absolute Gasteiger partial charge is 0.481 e. The normalized spacial score (nSPS) is 17.9. The average Bonchev–Trinajstić information content (AvgIpc) is 1.68. The van der Waals surface area contributed by atoms with Gasteiger partial charge in [0.25, 0.3) is 11.8 Å². The van der Waals surface area contributed by atoms with E-state index in [9.17, 15) is 112 Å². The molecule has 3 saturated heterocycles. The summed E-state index contributed by atoms with van der Waals surface area (Å²) in [6.45, 7) is 6.39. The van der Waals surface area contributed by atoms with Gasteiger partial charge in [0, 0.05) is 129 Å². The second-order valence-corrected chi connectivity index (χ2v) is 32.3. The number of amides is 15. The van der Waals surface area contributed by atoms with Crippen LogP contribution >= 0.6 is 23.5 Å². The molecule has 0 spiro atoms. The van der Waals surface area contributed by atoms with Crippen molar-refractivity contribution in [1.29, 1.82) is 0 Å². The molecule has 0 unspecified atom stereocenters. The number of carbonyl (C=O) groups is 19. The number of benzene rings is 1. The number of nitrogens with one attached hydrogen (secondary N) is 9. The fraction of sp³-hybridized carbons (Fsp3) is 0.654. The minimum atomic E-state index is -1.91. The fourth-order valence-corrected chi connectivity index (χ4v) is 15.9. The molecule has 45 nitrogen and oxygen atoms in total. The number of unbranched alkanes of at least 4 members (excludes halogenated alkanes) is 1. The maximum atomic E-state index is 15.1. The Morgan fingerprint density at radius 2 is 0.912 bits per heavy atom. The summed E-state index contributed by atoms with van der Waals surface area (Å²) in [4.78, 5) is 259. The molecular formula is C78H120N18O27S2. The first-order valence-corrected chi connectivity index (χ1v) is 43.4. The fourth-order valence-electron chi connectivity index (χ4n) is 13.7. The van der Waals surface area contributed by atoms with Crippen LogP contribution in [0.3, 0.4) is 0 Å². The van der Waals surface area contributed by atoms with E-state index in [1.165, 1.54) is 16.7 Å². The lowest BCUT2D eigenvalue weighted by molar-refractivity contribution is -0.147. The van der Waals surface area contributed by atoms with Crippen molar-refractivity contribution < 1.29 is 131 Å². The van der Waals surface area contributed by atoms with Crippen LogP contribution in [-0.4, -0.2) is 378 Å². The van der Waals surface area contributed by atoms with E-state index in [4.69, 9.17) is 31.4 Å². The third-order valence-corrected chi connectivity index (χ3v) is 22.6. The number of primary amides is 3. The van der Waals surface area contributed by atoms with Crippen LogP contribution in [0.1, 0.15) is 116 Å². The lowest BCUT2D eigenvalue weighted by atomic mass is 10.0. The van der Waals surface area contributed by atoms with E-state index >= 15 is 4.79 Å². The molecule has 4 aliphatic rings. The second kappa shape index (κ2) is 56.4. The Labute approximate surface area is 730 Å². The molecule has 0 saturated carbocycles. The number of hydrogen-bond donors (Lipinski definition) is 17. The quantitative estimate of drug-likeness (QED) is 0.0213. The van der Waals surface area contributed by atoms with E-state index in [1.54, 1.807) is 45.0 Å². The first-order valence-electron chi connectivity index (χ1n) is 41.4. The number of rotatable bonds is 57. The van der Waals surface area contributed by atoms with Gasteiger partial charge in [0.15, 0.2) is 0 Å². The number of carboxylic acid groups (broad SMARTS) is 4. The monoisotopic (exact) mass is 1800 g/mol. The van der Waals surface area contributed by atoms with Gasteiger partial charge in [-0.3, -0.25) is 116 Å². The van der Waals surface area contributed by atoms with Gasteiger partial charge in [0.1, 0.15) is 48.3 Å². The molecule has 0 aliphatic carbocycles. The lowest BCUT2D eigenvalue weighted by Gasteiger charge is -2.33. The Hall–Kier alpha value is -10.5. The van der Waals surface area contributed by atoms with Crippen LogP contribution in [0.2, 0.25) is 0 Å². The first kappa shape index (κ1) is 105. The first-order chi connectivity index (χ1) is 59.5. The van der Waals surface area contributed by atoms with Crippen molar-refractivity contribution in [2.24, 2.45) is 17.2 Å². The van der Waals surface area contributed by atoms with Crippen molar-refractivity contribution in [3.8, 4) is 0 Å². The number of aliphatic hydroxyl groups is 1. The van der Waals surface area contributed by atoms with Crippen molar-refractivity contribution >= 4 is 136 Å². The van der Waals surface area contributed by atoms with Gasteiger partial charge >= 0.3 is 23.9 Å². The zero-order valence-electron chi connectivity index (χ0n) is 70.3. The molecule has 9 atom stereocenters. The van der Waals surface area contributed by atoms with Crippen LogP contribution in [-0.2, 0) is 112 Å². The van der Waals surface area contributed by atoms with Crippen molar-refractivity contribution in [1.82, 2.24) is 77.3 Å². The Morgan fingerprint density at radius 3 is 1.41 bits per heavy atom. The highest BCUT2D eigenvalue weighted by Gasteiger charge is 2.45. The molecule has 4 heterocycles. The van der Waals surface area contributed by atoms with Crippen molar-refractivity contribution in [3.05, 3.63) is 45.7 Å². The molecule has 1 aromatic carbocycles. The Morgan fingerprint density at radius 1 is 0.472 bits per heavy atom. The SMILES string of the molecule is CCCC[C@H](NC(=O)CCC(=O)NCCCOCCOCCOCCCNC(=O)CN1CCN(CC(=O)O)CCN(CC(=O)O)CCN(CC(=O)O)CC1)C(=O)N[C@@H](CSC1=C(SC[C@H](NC(=O)[C@H](Cc2ccccc2)NC(=O)[C@H](CCC(N)=O)NC(=O)C[C@@H](C)O)C(=O)N[C@@H](CC(=O)O)C(N)=O)C(=O)NC1=O)C(=O)N1CCC[C@H]1C(=O)N1CCC[C@H]1C(N)=O. The highest BCUT2D eigenvalue weighted by Crippen LogP contribution is 2.34. The highest BCUT2D eigenvalue weighted by atomic mass is 32.2. The van der Waals surface area contributed by atoms with Gasteiger partial charge in [-0.05, 0) is 63.9 Å². The van der Waals surface area contributed by atoms with Crippen molar-refractivity contribution in [2.45, 2.75) is 171 Å². The molecule has 15 amide bonds. The maximum Gasteiger partial charge on any atom is 0.317 e. The predicted octanol–water partition coefficient (Wildman–Crippen LogP) is -6.56. The van der Waals surface area contributed by atoms with Crippen LogP contribution in [0.15, 0.2) is 40.1 Å². The van der Waals surface area contributed by atoms with Crippen LogP contribution in [0.4, 0.5) is 0 Å². The summed E-state index contributed by atoms with van der Waals surface area (Å²) in [6.07, 6.45) is -1.59. The number of carboxylic acids is 4. The Bertz CT molecular complexity index is 3880. The number of thioether (sulfide) groups is 2. The van der Waals surface area contributed by atoms with Crippen LogP contribution in [0, 0.1) is 0 Å². The third kappa shape index (κ3) is 40.1. The highest BCUT2D eigenvalue weighted by molar-refractivity contribution is 8.08. The number of imide groups is 1. The van der Waals surface area contributed by atoms with Gasteiger partial charge in [-0.25, -0.2) is 0 Å². The summed E-state index contributed by atoms with van der Waals surface area (Å²) < 4.78 is 16.8. The van der Waals surface area contributed by atoms with E-state index in [0.29, 0.717) is 87.4 Å². The molecule has 1 aromatic rings. The molecule has 4 aliphatic heterocycles. The van der Waals surface area contributed by atoms with E-state index in [-0.39, 0.29) is 175 Å². The summed E-state index contributed by atoms with van der Waals surface area (Å²) in [7, 11) is 0. The van der Waals surface area contributed by atoms with E-state index in [1.807, 2.05) is 11.8 Å². The summed E-state index contributed by atoms with van der Waals surface area (Å²) in [5.74, 6) is -19.2. The second-order valence-electron chi connectivity index (χ2n) is 30.3. The Balaban J connectivity index is 1.18. The Kier molecular flexibility index (Phi) is 47.4. The minimum Gasteiger partial charge on any atom is -0.481 e. The predicted molar refractivity (Wildman–Crippen MR) is 447 cm³/mol. The summed E-state index contributed by atoms with van der Waals surface area (Å²) in [6, 6.07) is -4.07. The third-order valence-electron chi connectivity index (χ3n) is 20.1. The van der Waals surface area contributed by atoms with Gasteiger partial charge in [-0.15, -0.1) is 23.5 Å². The molecular weight excluding hydrogens is 1690 g/mol. The maximum absolute atomic E-state index is 15.1. The molecule has 0 bridgehead atoms. The van der Waals surface area contributed by atoms with Gasteiger partial charge in [0.2, 0.25) is 76.8 Å². The number of aliphatic hydroxyl groups excluding tert-OH is 1. The van der Waals surface area contributed by atoms with E-state index in [0.717, 1.165) is 0 Å². The summed E-state index contributed by atoms with van der Waals surface area (Å²) in [5, 5.41) is 70.5. The average molecular weight is 1810 g/mol. The molecule has 3 fully saturated rings. The topological polar surface area (TPSA) is 659 Å². The van der Waals surface area contributed by atoms with Crippen molar-refractivity contribution in [2.75, 3.05) is 156 Å². The molecule has 696 valence electrons. The molecule has 0 radical (unpaired) electrons. The molecule has 47 heteroatoms. The summed E-state index contributed by atoms with van der Waals surface area (Å²) >= 11 is 1.06. The zero-order valence-corrected chi connectivity index (χ0v) is 71.9. The zero-order chi connectivity index (χ0) is 92.1. The number of carbonyl (C=O) groups excluding carboxylic acids is 15. The number of nitrogens with two attached hydrogens (primary N) is 3. The van der Waals surface area contributed by atoms with Crippen LogP contribution < -0.4 is 65.1 Å². The minimum absolute atomic E-state index is 0.0169. The standard InChI is InChI=1S/C78H120N18O27S2/c1-3-4-14-50(84-60(100)20-19-59(99)82-21-10-33-121-35-37-123-38-36-122-34-11-22-83-62(102)42-91-25-27-92(43-64(105)106)29-31-94(45-66(109)110)32-30-93(28-26-91)44-65(107)108)71(113)89-55(77(119)96-24-9-16-57(96)78(120)95-23-8-15-56(95)70(81)112)47-125-68-67(75(117)90-76(68)118)124-46-54(74(116)86-52(69(80)111)41-63(103)104)88-73(115)53(40-49-12-6-5-7-13-49)87-72(114)51(17-18-58(79)98)85-61(101)39-48(2)97/h5-7,12-13,48,50-57,97H,3-4,8-11,14-47H2,1-2H3,(H2,79,98)(H2,80,111)(H2,81,112)(H,82,99)(H,83,102)(H,84,100)(H,85,101)(H,86,116)(H,87,114)(H,88,115)(H,89,113)(H,103,104)(H,105,106)(H,107,108)(H,109,110)(H,90,117,118)/t48-,50+,51+,52+,53+,54+,55+,56+,57+/m1/s1.